The lowest BCUT2D eigenvalue weighted by Gasteiger charge is -2.37. The number of amides is 1. The zero-order valence-electron chi connectivity index (χ0n) is 13.9. The van der Waals surface area contributed by atoms with Gasteiger partial charge in [0.05, 0.1) is 17.9 Å². The Bertz CT molecular complexity index is 624. The van der Waals surface area contributed by atoms with Crippen LogP contribution in [0.5, 0.6) is 0 Å². The van der Waals surface area contributed by atoms with Crippen molar-refractivity contribution in [2.75, 3.05) is 0 Å². The van der Waals surface area contributed by atoms with Gasteiger partial charge in [-0.15, -0.1) is 0 Å². The van der Waals surface area contributed by atoms with Crippen molar-refractivity contribution in [3.8, 4) is 0 Å². The summed E-state index contributed by atoms with van der Waals surface area (Å²) >= 11 is 0. The van der Waals surface area contributed by atoms with Crippen LogP contribution in [-0.2, 0) is 19.8 Å². The van der Waals surface area contributed by atoms with E-state index in [4.69, 9.17) is 5.11 Å². The molecule has 0 saturated heterocycles. The van der Waals surface area contributed by atoms with E-state index in [0.717, 1.165) is 24.8 Å². The number of benzene rings is 1. The van der Waals surface area contributed by atoms with Crippen LogP contribution in [0.1, 0.15) is 44.1 Å². The first-order valence-corrected chi connectivity index (χ1v) is 8.36. The normalized spacial score (nSPS) is 18.8. The van der Waals surface area contributed by atoms with Crippen molar-refractivity contribution >= 4 is 17.8 Å². The second-order valence-electron chi connectivity index (χ2n) is 6.46. The first kappa shape index (κ1) is 18.9. The number of aliphatic hydroxyl groups excluding tert-OH is 1. The predicted molar refractivity (Wildman–Crippen MR) is 89.0 cm³/mol. The third-order valence-electron chi connectivity index (χ3n) is 4.79. The molecule has 2 atom stereocenters. The Balaban J connectivity index is 2.27. The number of carbonyl (C=O) groups is 3. The smallest absolute Gasteiger partial charge is 0.328 e. The molecule has 1 saturated carbocycles. The van der Waals surface area contributed by atoms with Crippen LogP contribution in [0, 0.1) is 0 Å². The summed E-state index contributed by atoms with van der Waals surface area (Å²) in [4.78, 5) is 35.1. The Hall–Kier alpha value is -2.41. The number of rotatable bonds is 7. The summed E-state index contributed by atoms with van der Waals surface area (Å²) in [7, 11) is 0. The highest BCUT2D eigenvalue weighted by Crippen LogP contribution is 2.39. The number of carbonyl (C=O) groups excluding carboxylic acids is 1. The van der Waals surface area contributed by atoms with Crippen molar-refractivity contribution in [1.82, 2.24) is 5.32 Å². The SMILES string of the molecule is O=C(O)CC(O)[C@H](NC(=O)C1(c2ccccc2)CCCCC1)C(=O)O. The van der Waals surface area contributed by atoms with E-state index in [2.05, 4.69) is 5.32 Å². The molecule has 2 rings (SSSR count). The molecule has 0 aliphatic heterocycles. The summed E-state index contributed by atoms with van der Waals surface area (Å²) in [6.07, 6.45) is 1.42. The van der Waals surface area contributed by atoms with Crippen molar-refractivity contribution in [2.45, 2.75) is 56.1 Å². The molecule has 7 heteroatoms. The third kappa shape index (κ3) is 4.36. The van der Waals surface area contributed by atoms with Gasteiger partial charge in [-0.05, 0) is 18.4 Å². The molecule has 1 aliphatic rings. The Morgan fingerprint density at radius 1 is 1.04 bits per heavy atom. The summed E-state index contributed by atoms with van der Waals surface area (Å²) < 4.78 is 0. The quantitative estimate of drug-likeness (QED) is 0.588. The van der Waals surface area contributed by atoms with Crippen molar-refractivity contribution in [3.63, 3.8) is 0 Å². The largest absolute Gasteiger partial charge is 0.481 e. The lowest BCUT2D eigenvalue weighted by atomic mass is 9.68. The summed E-state index contributed by atoms with van der Waals surface area (Å²) in [6.45, 7) is 0. The molecule has 1 aromatic rings. The van der Waals surface area contributed by atoms with E-state index in [0.29, 0.717) is 12.8 Å². The van der Waals surface area contributed by atoms with Gasteiger partial charge < -0.3 is 20.6 Å². The van der Waals surface area contributed by atoms with Crippen LogP contribution >= 0.6 is 0 Å². The van der Waals surface area contributed by atoms with E-state index in [1.807, 2.05) is 30.3 Å². The molecule has 0 aromatic heterocycles. The lowest BCUT2D eigenvalue weighted by Crippen LogP contribution is -2.55. The molecule has 0 bridgehead atoms. The first-order chi connectivity index (χ1) is 11.9. The van der Waals surface area contributed by atoms with Crippen molar-refractivity contribution in [2.24, 2.45) is 0 Å². The Morgan fingerprint density at radius 3 is 2.16 bits per heavy atom. The number of nitrogens with one attached hydrogen (secondary N) is 1. The molecule has 1 unspecified atom stereocenters. The first-order valence-electron chi connectivity index (χ1n) is 8.36. The Kier molecular flexibility index (Phi) is 6.14. The zero-order valence-corrected chi connectivity index (χ0v) is 13.9. The highest BCUT2D eigenvalue weighted by Gasteiger charge is 2.43. The van der Waals surface area contributed by atoms with Gasteiger partial charge >= 0.3 is 11.9 Å². The van der Waals surface area contributed by atoms with Crippen LogP contribution in [0.3, 0.4) is 0 Å². The van der Waals surface area contributed by atoms with Crippen molar-refractivity contribution in [3.05, 3.63) is 35.9 Å². The molecule has 25 heavy (non-hydrogen) atoms. The molecule has 0 spiro atoms. The third-order valence-corrected chi connectivity index (χ3v) is 4.79. The molecular weight excluding hydrogens is 326 g/mol. The van der Waals surface area contributed by atoms with E-state index in [1.54, 1.807) is 0 Å². The number of aliphatic hydroxyl groups is 1. The summed E-state index contributed by atoms with van der Waals surface area (Å²) in [5, 5.41) is 30.3. The Morgan fingerprint density at radius 2 is 1.64 bits per heavy atom. The molecule has 1 aromatic carbocycles. The van der Waals surface area contributed by atoms with Gasteiger partial charge in [-0.2, -0.15) is 0 Å². The minimum absolute atomic E-state index is 0.477. The second kappa shape index (κ2) is 8.11. The molecule has 4 N–H and O–H groups in total. The van der Waals surface area contributed by atoms with Crippen molar-refractivity contribution in [1.29, 1.82) is 0 Å². The molecule has 136 valence electrons. The standard InChI is InChI=1S/C18H23NO6/c20-13(11-14(21)22)15(16(23)24)19-17(25)18(9-5-2-6-10-18)12-7-3-1-4-8-12/h1,3-4,7-8,13,15,20H,2,5-6,9-11H2,(H,19,25)(H,21,22)(H,23,24)/t13?,15-/m0/s1. The molecule has 0 radical (unpaired) electrons. The van der Waals surface area contributed by atoms with Gasteiger partial charge in [0.2, 0.25) is 5.91 Å². The molecule has 1 fully saturated rings. The maximum absolute atomic E-state index is 13.0. The van der Waals surface area contributed by atoms with Gasteiger partial charge in [0, 0.05) is 0 Å². The molecule has 1 amide bonds. The average molecular weight is 349 g/mol. The van der Waals surface area contributed by atoms with E-state index in [-0.39, 0.29) is 0 Å². The van der Waals surface area contributed by atoms with Gasteiger partial charge in [-0.3, -0.25) is 9.59 Å². The average Bonchev–Trinajstić information content (AvgIpc) is 2.59. The van der Waals surface area contributed by atoms with E-state index >= 15 is 0 Å². The maximum Gasteiger partial charge on any atom is 0.328 e. The van der Waals surface area contributed by atoms with Gasteiger partial charge in [-0.25, -0.2) is 4.79 Å². The predicted octanol–water partition coefficient (Wildman–Crippen LogP) is 1.29. The maximum atomic E-state index is 13.0. The van der Waals surface area contributed by atoms with Gasteiger partial charge in [0.1, 0.15) is 0 Å². The molecule has 7 nitrogen and oxygen atoms in total. The van der Waals surface area contributed by atoms with Crippen LogP contribution in [-0.4, -0.2) is 45.3 Å². The van der Waals surface area contributed by atoms with Crippen LogP contribution in [0.2, 0.25) is 0 Å². The van der Waals surface area contributed by atoms with Crippen LogP contribution in [0.15, 0.2) is 30.3 Å². The summed E-state index contributed by atoms with van der Waals surface area (Å²) in [6, 6.07) is 7.52. The highest BCUT2D eigenvalue weighted by molar-refractivity contribution is 5.92. The minimum atomic E-state index is -1.70. The lowest BCUT2D eigenvalue weighted by molar-refractivity contribution is -0.149. The van der Waals surface area contributed by atoms with Gasteiger partial charge in [0.15, 0.2) is 6.04 Å². The fourth-order valence-corrected chi connectivity index (χ4v) is 3.46. The van der Waals surface area contributed by atoms with Gasteiger partial charge in [0.25, 0.3) is 0 Å². The van der Waals surface area contributed by atoms with Crippen molar-refractivity contribution < 1.29 is 29.7 Å². The van der Waals surface area contributed by atoms with Crippen LogP contribution in [0.25, 0.3) is 0 Å². The fourth-order valence-electron chi connectivity index (χ4n) is 3.46. The van der Waals surface area contributed by atoms with Crippen LogP contribution in [0.4, 0.5) is 0 Å². The van der Waals surface area contributed by atoms with Crippen LogP contribution < -0.4 is 5.32 Å². The minimum Gasteiger partial charge on any atom is -0.481 e. The van der Waals surface area contributed by atoms with E-state index in [1.165, 1.54) is 0 Å². The highest BCUT2D eigenvalue weighted by atomic mass is 16.4. The van der Waals surface area contributed by atoms with E-state index in [9.17, 15) is 24.6 Å². The number of carboxylic acids is 2. The number of hydrogen-bond donors (Lipinski definition) is 4. The second-order valence-corrected chi connectivity index (χ2v) is 6.46. The molecule has 0 heterocycles. The fraction of sp³-hybridized carbons (Fsp3) is 0.500. The summed E-state index contributed by atoms with van der Waals surface area (Å²) in [5.74, 6) is -3.26. The van der Waals surface area contributed by atoms with E-state index < -0.39 is 41.8 Å². The number of hydrogen-bond acceptors (Lipinski definition) is 4. The topological polar surface area (TPSA) is 124 Å². The summed E-state index contributed by atoms with van der Waals surface area (Å²) in [5.41, 5.74) is -0.0417. The Labute approximate surface area is 145 Å². The monoisotopic (exact) mass is 349 g/mol. The number of aliphatic carboxylic acids is 2. The molecule has 1 aliphatic carbocycles. The molecular formula is C18H23NO6. The van der Waals surface area contributed by atoms with Gasteiger partial charge in [-0.1, -0.05) is 49.6 Å². The number of carboxylic acid groups (broad SMARTS) is 2. The zero-order chi connectivity index (χ0) is 18.4.